The van der Waals surface area contributed by atoms with E-state index in [4.69, 9.17) is 11.5 Å². The van der Waals surface area contributed by atoms with E-state index in [0.29, 0.717) is 11.1 Å². The Kier molecular flexibility index (Phi) is 9.38. The van der Waals surface area contributed by atoms with Gasteiger partial charge in [0.05, 0.1) is 0 Å². The molecule has 0 aromatic heterocycles. The van der Waals surface area contributed by atoms with Crippen LogP contribution in [0.4, 0.5) is 9.59 Å². The highest BCUT2D eigenvalue weighted by Crippen LogP contribution is 2.00. The second-order valence-corrected chi connectivity index (χ2v) is 5.63. The molecule has 0 saturated heterocycles. The highest BCUT2D eigenvalue weighted by molar-refractivity contribution is 5.92. The van der Waals surface area contributed by atoms with Crippen molar-refractivity contribution in [2.24, 2.45) is 11.5 Å². The monoisotopic (exact) mass is 354 g/mol. The number of primary amides is 2. The molecule has 0 rings (SSSR count). The van der Waals surface area contributed by atoms with Crippen LogP contribution in [0.1, 0.15) is 20.3 Å². The highest BCUT2D eigenvalue weighted by atomic mass is 16.2. The maximum atomic E-state index is 11.6. The largest absolute Gasteiger partial charge is 0.352 e. The molecule has 0 radical (unpaired) electrons. The maximum absolute atomic E-state index is 11.6. The third-order valence-corrected chi connectivity index (χ3v) is 3.06. The Morgan fingerprint density at radius 2 is 1.12 bits per heavy atom. The fraction of sp³-hybridized carbons (Fsp3) is 0.467. The van der Waals surface area contributed by atoms with E-state index >= 15 is 0 Å². The Bertz CT molecular complexity index is 512. The summed E-state index contributed by atoms with van der Waals surface area (Å²) < 4.78 is 0. The van der Waals surface area contributed by atoms with Crippen molar-refractivity contribution >= 4 is 23.9 Å². The lowest BCUT2D eigenvalue weighted by Gasteiger charge is -2.25. The summed E-state index contributed by atoms with van der Waals surface area (Å²) in [5.41, 5.74) is 10.9. The first-order valence-electron chi connectivity index (χ1n) is 7.52. The molecule has 0 fully saturated rings. The summed E-state index contributed by atoms with van der Waals surface area (Å²) in [5, 5.41) is 10.1. The number of urea groups is 2. The number of hydrogen-bond donors (Lipinski definition) is 6. The molecule has 0 aliphatic rings. The zero-order chi connectivity index (χ0) is 19.6. The van der Waals surface area contributed by atoms with Crippen molar-refractivity contribution in [3.63, 3.8) is 0 Å². The first-order chi connectivity index (χ1) is 11.5. The molecule has 8 N–H and O–H groups in total. The van der Waals surface area contributed by atoms with Crippen LogP contribution in [0, 0.1) is 0 Å². The number of carbonyl (C=O) groups is 4. The molecule has 6 amide bonds. The van der Waals surface area contributed by atoms with E-state index in [-0.39, 0.29) is 31.3 Å². The molecule has 10 heteroatoms. The summed E-state index contributed by atoms with van der Waals surface area (Å²) in [4.78, 5) is 45.4. The van der Waals surface area contributed by atoms with Gasteiger partial charge in [-0.15, -0.1) is 0 Å². The van der Waals surface area contributed by atoms with Gasteiger partial charge in [0.25, 0.3) is 0 Å². The van der Waals surface area contributed by atoms with E-state index < -0.39 is 24.1 Å². The molecule has 0 aromatic carbocycles. The molecule has 10 nitrogen and oxygen atoms in total. The number of rotatable bonds is 10. The van der Waals surface area contributed by atoms with Gasteiger partial charge in [-0.1, -0.05) is 13.2 Å². The number of nitrogens with one attached hydrogen (secondary N) is 4. The smallest absolute Gasteiger partial charge is 0.312 e. The van der Waals surface area contributed by atoms with Crippen LogP contribution >= 0.6 is 0 Å². The summed E-state index contributed by atoms with van der Waals surface area (Å²) in [7, 11) is 0. The molecule has 0 spiro atoms. The standard InChI is InChI=1S/C15H26N6O4/c1-8(2)12(22)18-6-10(20-14(16)24)5-11(21-15(17)25)7-19-13(23)9(3)4/h10-11H,1,3,5-7H2,2,4H3,(H,18,22)(H,19,23)(H3,16,20,24)(H3,17,21,25). The van der Waals surface area contributed by atoms with Crippen LogP contribution in [-0.4, -0.2) is 49.0 Å². The van der Waals surface area contributed by atoms with Gasteiger partial charge in [0.1, 0.15) is 0 Å². The van der Waals surface area contributed by atoms with Crippen molar-refractivity contribution in [3.05, 3.63) is 24.3 Å². The minimum atomic E-state index is -0.793. The quantitative estimate of drug-likeness (QED) is 0.272. The van der Waals surface area contributed by atoms with Crippen LogP contribution in [0.2, 0.25) is 0 Å². The van der Waals surface area contributed by atoms with Crippen molar-refractivity contribution in [2.45, 2.75) is 32.4 Å². The Morgan fingerprint density at radius 3 is 1.36 bits per heavy atom. The van der Waals surface area contributed by atoms with Crippen molar-refractivity contribution in [1.29, 1.82) is 0 Å². The Labute approximate surface area is 146 Å². The van der Waals surface area contributed by atoms with E-state index in [1.54, 1.807) is 0 Å². The topological polar surface area (TPSA) is 168 Å². The maximum Gasteiger partial charge on any atom is 0.312 e. The van der Waals surface area contributed by atoms with Crippen molar-refractivity contribution < 1.29 is 19.2 Å². The summed E-state index contributed by atoms with van der Waals surface area (Å²) in [5.74, 6) is -0.766. The number of amides is 6. The van der Waals surface area contributed by atoms with Gasteiger partial charge >= 0.3 is 12.1 Å². The van der Waals surface area contributed by atoms with Crippen LogP contribution in [0.15, 0.2) is 24.3 Å². The van der Waals surface area contributed by atoms with Crippen molar-refractivity contribution in [3.8, 4) is 0 Å². The number of hydrogen-bond acceptors (Lipinski definition) is 4. The minimum Gasteiger partial charge on any atom is -0.352 e. The molecule has 140 valence electrons. The predicted octanol–water partition coefficient (Wildman–Crippen LogP) is -1.17. The first-order valence-corrected chi connectivity index (χ1v) is 7.52. The van der Waals surface area contributed by atoms with E-state index in [1.165, 1.54) is 13.8 Å². The van der Waals surface area contributed by atoms with Crippen molar-refractivity contribution in [1.82, 2.24) is 21.3 Å². The predicted molar refractivity (Wildman–Crippen MR) is 93.3 cm³/mol. The van der Waals surface area contributed by atoms with Crippen molar-refractivity contribution in [2.75, 3.05) is 13.1 Å². The average Bonchev–Trinajstić information content (AvgIpc) is 2.47. The van der Waals surface area contributed by atoms with E-state index in [1.807, 2.05) is 0 Å². The van der Waals surface area contributed by atoms with Crippen LogP contribution in [0.3, 0.4) is 0 Å². The molecule has 2 atom stereocenters. The molecular formula is C15H26N6O4. The van der Waals surface area contributed by atoms with Crippen LogP contribution in [0.25, 0.3) is 0 Å². The van der Waals surface area contributed by atoms with Crippen LogP contribution in [0.5, 0.6) is 0 Å². The van der Waals surface area contributed by atoms with Gasteiger partial charge in [0.2, 0.25) is 11.8 Å². The second-order valence-electron chi connectivity index (χ2n) is 5.63. The Morgan fingerprint density at radius 1 is 0.800 bits per heavy atom. The molecule has 0 aliphatic heterocycles. The minimum absolute atomic E-state index is 0.0556. The average molecular weight is 354 g/mol. The molecule has 25 heavy (non-hydrogen) atoms. The first kappa shape index (κ1) is 22.0. The fourth-order valence-corrected chi connectivity index (χ4v) is 1.87. The highest BCUT2D eigenvalue weighted by Gasteiger charge is 2.20. The zero-order valence-corrected chi connectivity index (χ0v) is 14.5. The molecule has 0 bridgehead atoms. The third-order valence-electron chi connectivity index (χ3n) is 3.06. The normalized spacial score (nSPS) is 12.2. The molecule has 0 aliphatic carbocycles. The van der Waals surface area contributed by atoms with Crippen LogP contribution in [-0.2, 0) is 9.59 Å². The molecule has 2 unspecified atom stereocenters. The van der Waals surface area contributed by atoms with Gasteiger partial charge in [0, 0.05) is 36.3 Å². The fourth-order valence-electron chi connectivity index (χ4n) is 1.87. The van der Waals surface area contributed by atoms with E-state index in [0.717, 1.165) is 0 Å². The summed E-state index contributed by atoms with van der Waals surface area (Å²) in [6.45, 7) is 10.2. The zero-order valence-electron chi connectivity index (χ0n) is 14.5. The molecular weight excluding hydrogens is 328 g/mol. The summed E-state index contributed by atoms with van der Waals surface area (Å²) in [6, 6.07) is -2.78. The van der Waals surface area contributed by atoms with E-state index in [2.05, 4.69) is 34.4 Å². The van der Waals surface area contributed by atoms with E-state index in [9.17, 15) is 19.2 Å². The van der Waals surface area contributed by atoms with Crippen LogP contribution < -0.4 is 32.7 Å². The van der Waals surface area contributed by atoms with Gasteiger partial charge in [0.15, 0.2) is 0 Å². The van der Waals surface area contributed by atoms with Gasteiger partial charge in [-0.25, -0.2) is 9.59 Å². The van der Waals surface area contributed by atoms with Gasteiger partial charge in [-0.05, 0) is 20.3 Å². The van der Waals surface area contributed by atoms with Gasteiger partial charge in [-0.2, -0.15) is 0 Å². The lowest BCUT2D eigenvalue weighted by Crippen LogP contribution is -2.53. The molecule has 0 saturated carbocycles. The Balaban J connectivity index is 4.90. The number of carbonyl (C=O) groups excluding carboxylic acids is 4. The molecule has 0 aromatic rings. The molecule has 0 heterocycles. The summed E-state index contributed by atoms with van der Waals surface area (Å²) in [6.07, 6.45) is 0.165. The summed E-state index contributed by atoms with van der Waals surface area (Å²) >= 11 is 0. The van der Waals surface area contributed by atoms with Gasteiger partial charge in [-0.3, -0.25) is 9.59 Å². The lowest BCUT2D eigenvalue weighted by molar-refractivity contribution is -0.118. The third kappa shape index (κ3) is 10.4. The Hall–Kier alpha value is -3.04. The number of nitrogens with two attached hydrogens (primary N) is 2. The van der Waals surface area contributed by atoms with Gasteiger partial charge < -0.3 is 32.7 Å². The SMILES string of the molecule is C=C(C)C(=O)NCC(CC(CNC(=O)C(=C)C)NC(N)=O)NC(N)=O. The second kappa shape index (κ2) is 10.7. The lowest BCUT2D eigenvalue weighted by atomic mass is 10.1.